The maximum absolute atomic E-state index is 12.9. The number of rotatable bonds is 6. The van der Waals surface area contributed by atoms with Gasteiger partial charge in [-0.15, -0.1) is 11.3 Å². The van der Waals surface area contributed by atoms with Gasteiger partial charge in [-0.05, 0) is 31.9 Å². The van der Waals surface area contributed by atoms with Crippen LogP contribution >= 0.6 is 11.3 Å². The van der Waals surface area contributed by atoms with E-state index in [2.05, 4.69) is 25.7 Å². The second-order valence-corrected chi connectivity index (χ2v) is 7.83. The van der Waals surface area contributed by atoms with E-state index >= 15 is 0 Å². The summed E-state index contributed by atoms with van der Waals surface area (Å²) in [7, 11) is 0. The number of hydrogen-bond acceptors (Lipinski definition) is 7. The van der Waals surface area contributed by atoms with Crippen LogP contribution in [0.4, 0.5) is 10.9 Å². The van der Waals surface area contributed by atoms with E-state index in [1.165, 1.54) is 28.4 Å². The molecule has 2 N–H and O–H groups in total. The highest BCUT2D eigenvalue weighted by molar-refractivity contribution is 7.22. The Bertz CT molecular complexity index is 1010. The zero-order chi connectivity index (χ0) is 19.6. The Kier molecular flexibility index (Phi) is 5.50. The Morgan fingerprint density at radius 3 is 2.56 bits per heavy atom. The number of carbonyl (C=O) groups is 1. The van der Waals surface area contributed by atoms with Gasteiger partial charge in [0.15, 0.2) is 0 Å². The molecule has 0 radical (unpaired) electrons. The molecule has 0 aliphatic heterocycles. The minimum absolute atomic E-state index is 0.112. The first-order chi connectivity index (χ1) is 12.8. The van der Waals surface area contributed by atoms with E-state index in [4.69, 9.17) is 0 Å². The number of nitrogens with zero attached hydrogens (tertiary/aromatic N) is 4. The van der Waals surface area contributed by atoms with Crippen molar-refractivity contribution in [3.63, 3.8) is 0 Å². The molecule has 3 aromatic rings. The molecular weight excluding hydrogens is 364 g/mol. The maximum atomic E-state index is 12.9. The summed E-state index contributed by atoms with van der Waals surface area (Å²) in [6.45, 7) is 7.92. The van der Waals surface area contributed by atoms with Gasteiger partial charge >= 0.3 is 0 Å². The monoisotopic (exact) mass is 386 g/mol. The van der Waals surface area contributed by atoms with Gasteiger partial charge in [0.05, 0.1) is 10.7 Å². The lowest BCUT2D eigenvalue weighted by atomic mass is 10.1. The number of anilines is 2. The van der Waals surface area contributed by atoms with Crippen molar-refractivity contribution in [1.82, 2.24) is 19.7 Å². The van der Waals surface area contributed by atoms with E-state index in [-0.39, 0.29) is 30.0 Å². The molecule has 3 rings (SSSR count). The van der Waals surface area contributed by atoms with Crippen molar-refractivity contribution in [2.24, 2.45) is 0 Å². The van der Waals surface area contributed by atoms with Gasteiger partial charge in [-0.2, -0.15) is 5.10 Å². The summed E-state index contributed by atoms with van der Waals surface area (Å²) in [5, 5.41) is 12.1. The summed E-state index contributed by atoms with van der Waals surface area (Å²) in [6, 6.07) is 3.88. The number of thiophene rings is 1. The third kappa shape index (κ3) is 4.30. The topological polar surface area (TPSA) is 102 Å². The van der Waals surface area contributed by atoms with Crippen molar-refractivity contribution in [3.05, 3.63) is 40.6 Å². The molecule has 3 heterocycles. The molecule has 0 atom stereocenters. The molecular formula is C18H22N6O2S. The van der Waals surface area contributed by atoms with Gasteiger partial charge in [-0.1, -0.05) is 13.8 Å². The van der Waals surface area contributed by atoms with Gasteiger partial charge in [0.1, 0.15) is 11.2 Å². The van der Waals surface area contributed by atoms with Gasteiger partial charge in [0.25, 0.3) is 5.56 Å². The standard InChI is InChI=1S/C18H22N6O2S/c1-10(2)15-12-8-14(21-11(3)4)27-16(12)17(26)24(23-15)9-13(25)22-18-19-6-5-7-20-18/h5-8,10-11,21H,9H2,1-4H3,(H,19,20,22,25). The number of carbonyl (C=O) groups excluding carboxylic acids is 1. The Balaban J connectivity index is 1.96. The molecule has 1 amide bonds. The first-order valence-corrected chi connectivity index (χ1v) is 9.54. The van der Waals surface area contributed by atoms with Gasteiger partial charge < -0.3 is 5.32 Å². The predicted molar refractivity (Wildman–Crippen MR) is 107 cm³/mol. The number of amides is 1. The maximum Gasteiger partial charge on any atom is 0.285 e. The smallest absolute Gasteiger partial charge is 0.285 e. The van der Waals surface area contributed by atoms with E-state index in [0.717, 1.165) is 16.1 Å². The fourth-order valence-electron chi connectivity index (χ4n) is 2.64. The van der Waals surface area contributed by atoms with Crippen LogP contribution in [-0.4, -0.2) is 31.7 Å². The Morgan fingerprint density at radius 2 is 1.93 bits per heavy atom. The van der Waals surface area contributed by atoms with Gasteiger partial charge in [-0.3, -0.25) is 14.9 Å². The third-order valence-corrected chi connectivity index (χ3v) is 4.81. The zero-order valence-electron chi connectivity index (χ0n) is 15.7. The summed E-state index contributed by atoms with van der Waals surface area (Å²) < 4.78 is 1.81. The van der Waals surface area contributed by atoms with Gasteiger partial charge in [0, 0.05) is 23.8 Å². The molecule has 0 fully saturated rings. The third-order valence-electron chi connectivity index (χ3n) is 3.75. The molecule has 9 heteroatoms. The first kappa shape index (κ1) is 19.0. The fraction of sp³-hybridized carbons (Fsp3) is 0.389. The Labute approximate surface area is 160 Å². The van der Waals surface area contributed by atoms with Crippen LogP contribution in [0.5, 0.6) is 0 Å². The lowest BCUT2D eigenvalue weighted by molar-refractivity contribution is -0.117. The highest BCUT2D eigenvalue weighted by Gasteiger charge is 2.18. The Hall–Kier alpha value is -2.81. The highest BCUT2D eigenvalue weighted by atomic mass is 32.1. The minimum atomic E-state index is -0.401. The fourth-order valence-corrected chi connectivity index (χ4v) is 3.80. The quantitative estimate of drug-likeness (QED) is 0.675. The molecule has 142 valence electrons. The molecule has 0 aromatic carbocycles. The van der Waals surface area contributed by atoms with Crippen molar-refractivity contribution in [1.29, 1.82) is 0 Å². The lowest BCUT2D eigenvalue weighted by Crippen LogP contribution is -2.30. The van der Waals surface area contributed by atoms with E-state index in [0.29, 0.717) is 4.70 Å². The van der Waals surface area contributed by atoms with E-state index < -0.39 is 5.91 Å². The van der Waals surface area contributed by atoms with Crippen LogP contribution in [0.15, 0.2) is 29.3 Å². The minimum Gasteiger partial charge on any atom is -0.375 e. The lowest BCUT2D eigenvalue weighted by Gasteiger charge is -2.11. The number of nitrogens with one attached hydrogen (secondary N) is 2. The highest BCUT2D eigenvalue weighted by Crippen LogP contribution is 2.32. The summed E-state index contributed by atoms with van der Waals surface area (Å²) in [5.41, 5.74) is 0.516. The first-order valence-electron chi connectivity index (χ1n) is 8.73. The Morgan fingerprint density at radius 1 is 1.22 bits per heavy atom. The van der Waals surface area contributed by atoms with E-state index in [9.17, 15) is 9.59 Å². The van der Waals surface area contributed by atoms with Crippen molar-refractivity contribution >= 4 is 38.3 Å². The number of hydrogen-bond donors (Lipinski definition) is 2. The van der Waals surface area contributed by atoms with Crippen LogP contribution in [0.25, 0.3) is 10.1 Å². The normalized spacial score (nSPS) is 11.3. The van der Waals surface area contributed by atoms with Crippen LogP contribution in [-0.2, 0) is 11.3 Å². The van der Waals surface area contributed by atoms with E-state index in [1.807, 2.05) is 33.8 Å². The molecule has 8 nitrogen and oxygen atoms in total. The van der Waals surface area contributed by atoms with Gasteiger partial charge in [0.2, 0.25) is 11.9 Å². The predicted octanol–water partition coefficient (Wildman–Crippen LogP) is 2.83. The number of fused-ring (bicyclic) bond motifs is 1. The van der Waals surface area contributed by atoms with Crippen molar-refractivity contribution < 1.29 is 4.79 Å². The molecule has 0 spiro atoms. The van der Waals surface area contributed by atoms with Gasteiger partial charge in [-0.25, -0.2) is 14.6 Å². The SMILES string of the molecule is CC(C)Nc1cc2c(C(C)C)nn(CC(=O)Nc3ncccn3)c(=O)c2s1. The zero-order valence-corrected chi connectivity index (χ0v) is 16.5. The molecule has 3 aromatic heterocycles. The second kappa shape index (κ2) is 7.83. The van der Waals surface area contributed by atoms with E-state index in [1.54, 1.807) is 6.07 Å². The summed E-state index contributed by atoms with van der Waals surface area (Å²) in [6.07, 6.45) is 3.07. The summed E-state index contributed by atoms with van der Waals surface area (Å²) >= 11 is 1.39. The second-order valence-electron chi connectivity index (χ2n) is 6.78. The van der Waals surface area contributed by atoms with Crippen molar-refractivity contribution in [2.75, 3.05) is 10.6 Å². The molecule has 0 saturated carbocycles. The molecule has 0 bridgehead atoms. The molecule has 0 saturated heterocycles. The van der Waals surface area contributed by atoms with Crippen molar-refractivity contribution in [2.45, 2.75) is 46.2 Å². The van der Waals surface area contributed by atoms with Crippen LogP contribution in [0.3, 0.4) is 0 Å². The summed E-state index contributed by atoms with van der Waals surface area (Å²) in [4.78, 5) is 33.1. The molecule has 27 heavy (non-hydrogen) atoms. The average Bonchev–Trinajstić information content (AvgIpc) is 3.01. The van der Waals surface area contributed by atoms with Crippen LogP contribution < -0.4 is 16.2 Å². The van der Waals surface area contributed by atoms with Crippen LogP contribution in [0.2, 0.25) is 0 Å². The largest absolute Gasteiger partial charge is 0.375 e. The van der Waals surface area contributed by atoms with Crippen LogP contribution in [0.1, 0.15) is 39.3 Å². The molecule has 0 aliphatic carbocycles. The molecule has 0 unspecified atom stereocenters. The van der Waals surface area contributed by atoms with Crippen molar-refractivity contribution in [3.8, 4) is 0 Å². The summed E-state index contributed by atoms with van der Waals surface area (Å²) in [5.74, 6) is -0.0939. The number of aromatic nitrogens is 4. The van der Waals surface area contributed by atoms with Crippen LogP contribution in [0, 0.1) is 0 Å². The average molecular weight is 386 g/mol. The molecule has 0 aliphatic rings.